The first kappa shape index (κ1) is 15.3. The van der Waals surface area contributed by atoms with Gasteiger partial charge in [0.05, 0.1) is 11.6 Å². The summed E-state index contributed by atoms with van der Waals surface area (Å²) in [5.41, 5.74) is 0.861. The average molecular weight is 325 g/mol. The molecule has 1 unspecified atom stereocenters. The number of hydrogen-bond donors (Lipinski definition) is 3. The normalized spacial score (nSPS) is 11.7. The first-order valence-electron chi connectivity index (χ1n) is 6.11. The largest absolute Gasteiger partial charge is 0.478 e. The molecular weight excluding hydrogens is 312 g/mol. The Morgan fingerprint density at radius 3 is 2.67 bits per heavy atom. The van der Waals surface area contributed by atoms with E-state index in [4.69, 9.17) is 16.7 Å². The topological polar surface area (TPSA) is 78.4 Å². The maximum atomic E-state index is 11.9. The molecule has 1 atom stereocenters. The molecule has 0 bridgehead atoms. The predicted molar refractivity (Wildman–Crippen MR) is 83.3 cm³/mol. The second-order valence-electron chi connectivity index (χ2n) is 4.31. The Balaban J connectivity index is 2.03. The number of nitrogens with one attached hydrogen (secondary N) is 2. The van der Waals surface area contributed by atoms with Crippen LogP contribution in [-0.2, 0) is 0 Å². The standard InChI is InChI=1S/C14H13ClN2O3S/c1-8(9-4-2-3-5-11(9)15)16-14(20)17-12-10(13(18)19)6-7-21-12/h2-8H,1H3,(H,18,19)(H2,16,17,20). The summed E-state index contributed by atoms with van der Waals surface area (Å²) in [5.74, 6) is -1.08. The summed E-state index contributed by atoms with van der Waals surface area (Å²) in [4.78, 5) is 22.9. The molecule has 110 valence electrons. The Bertz CT molecular complexity index is 672. The number of carbonyl (C=O) groups is 2. The Hall–Kier alpha value is -2.05. The Morgan fingerprint density at radius 1 is 1.29 bits per heavy atom. The number of urea groups is 1. The number of hydrogen-bond acceptors (Lipinski definition) is 3. The van der Waals surface area contributed by atoms with E-state index >= 15 is 0 Å². The Morgan fingerprint density at radius 2 is 2.00 bits per heavy atom. The van der Waals surface area contributed by atoms with Gasteiger partial charge in [-0.15, -0.1) is 11.3 Å². The van der Waals surface area contributed by atoms with Crippen molar-refractivity contribution in [3.05, 3.63) is 51.9 Å². The highest BCUT2D eigenvalue weighted by atomic mass is 35.5. The number of benzene rings is 1. The molecule has 1 aromatic heterocycles. The van der Waals surface area contributed by atoms with Crippen molar-refractivity contribution in [1.29, 1.82) is 0 Å². The molecule has 2 aromatic rings. The Kier molecular flexibility index (Phi) is 4.82. The maximum absolute atomic E-state index is 11.9. The molecule has 7 heteroatoms. The van der Waals surface area contributed by atoms with Crippen LogP contribution in [0.4, 0.5) is 9.80 Å². The zero-order valence-corrected chi connectivity index (χ0v) is 12.7. The van der Waals surface area contributed by atoms with Gasteiger partial charge in [0.25, 0.3) is 0 Å². The summed E-state index contributed by atoms with van der Waals surface area (Å²) in [6.45, 7) is 1.80. The first-order chi connectivity index (χ1) is 9.99. The van der Waals surface area contributed by atoms with E-state index in [0.29, 0.717) is 10.0 Å². The molecule has 0 aliphatic heterocycles. The number of carboxylic acids is 1. The third kappa shape index (κ3) is 3.74. The van der Waals surface area contributed by atoms with E-state index in [2.05, 4.69) is 10.6 Å². The van der Waals surface area contributed by atoms with Crippen molar-refractivity contribution in [3.8, 4) is 0 Å². The van der Waals surface area contributed by atoms with E-state index in [9.17, 15) is 9.59 Å². The number of rotatable bonds is 4. The van der Waals surface area contributed by atoms with Crippen LogP contribution in [0, 0.1) is 0 Å². The molecule has 0 aliphatic rings. The molecule has 2 rings (SSSR count). The van der Waals surface area contributed by atoms with Crippen LogP contribution in [0.3, 0.4) is 0 Å². The van der Waals surface area contributed by atoms with Crippen molar-refractivity contribution in [3.63, 3.8) is 0 Å². The van der Waals surface area contributed by atoms with Crippen LogP contribution in [0.5, 0.6) is 0 Å². The molecule has 1 heterocycles. The summed E-state index contributed by atoms with van der Waals surface area (Å²) < 4.78 is 0. The summed E-state index contributed by atoms with van der Waals surface area (Å²) >= 11 is 7.22. The molecule has 21 heavy (non-hydrogen) atoms. The number of anilines is 1. The van der Waals surface area contributed by atoms with Gasteiger partial charge < -0.3 is 10.4 Å². The zero-order valence-electron chi connectivity index (χ0n) is 11.1. The first-order valence-corrected chi connectivity index (χ1v) is 7.37. The SMILES string of the molecule is CC(NC(=O)Nc1sccc1C(=O)O)c1ccccc1Cl. The fraction of sp³-hybridized carbons (Fsp3) is 0.143. The van der Waals surface area contributed by atoms with Crippen LogP contribution in [0.15, 0.2) is 35.7 Å². The van der Waals surface area contributed by atoms with E-state index in [1.54, 1.807) is 18.4 Å². The van der Waals surface area contributed by atoms with Crippen molar-refractivity contribution < 1.29 is 14.7 Å². The van der Waals surface area contributed by atoms with Crippen molar-refractivity contribution in [2.45, 2.75) is 13.0 Å². The zero-order chi connectivity index (χ0) is 15.4. The molecule has 0 radical (unpaired) electrons. The summed E-state index contributed by atoms with van der Waals surface area (Å²) in [5, 5.41) is 16.7. The van der Waals surface area contributed by atoms with Gasteiger partial charge >= 0.3 is 12.0 Å². The van der Waals surface area contributed by atoms with Gasteiger partial charge in [0.1, 0.15) is 5.00 Å². The highest BCUT2D eigenvalue weighted by molar-refractivity contribution is 7.14. The summed E-state index contributed by atoms with van der Waals surface area (Å²) in [6.07, 6.45) is 0. The number of amides is 2. The van der Waals surface area contributed by atoms with Crippen LogP contribution in [0.2, 0.25) is 5.02 Å². The van der Waals surface area contributed by atoms with Gasteiger partial charge in [-0.2, -0.15) is 0 Å². The molecule has 3 N–H and O–H groups in total. The van der Waals surface area contributed by atoms with Gasteiger partial charge in [-0.3, -0.25) is 5.32 Å². The second kappa shape index (κ2) is 6.60. The molecule has 0 spiro atoms. The van der Waals surface area contributed by atoms with E-state index in [-0.39, 0.29) is 11.6 Å². The quantitative estimate of drug-likeness (QED) is 0.796. The predicted octanol–water partition coefficient (Wildman–Crippen LogP) is 3.98. The van der Waals surface area contributed by atoms with Crippen LogP contribution in [0.1, 0.15) is 28.9 Å². The molecule has 0 saturated heterocycles. The fourth-order valence-electron chi connectivity index (χ4n) is 1.81. The van der Waals surface area contributed by atoms with E-state index < -0.39 is 12.0 Å². The average Bonchev–Trinajstić information content (AvgIpc) is 2.87. The molecule has 5 nitrogen and oxygen atoms in total. The molecule has 2 amide bonds. The van der Waals surface area contributed by atoms with Gasteiger partial charge in [0.2, 0.25) is 0 Å². The van der Waals surface area contributed by atoms with E-state index in [1.807, 2.05) is 18.2 Å². The van der Waals surface area contributed by atoms with Crippen LogP contribution in [-0.4, -0.2) is 17.1 Å². The van der Waals surface area contributed by atoms with Gasteiger partial charge in [-0.25, -0.2) is 9.59 Å². The summed E-state index contributed by atoms with van der Waals surface area (Å²) in [6, 6.07) is 7.87. The number of thiophene rings is 1. The van der Waals surface area contributed by atoms with Gasteiger partial charge in [-0.1, -0.05) is 29.8 Å². The Labute approximate surface area is 130 Å². The number of aromatic carboxylic acids is 1. The molecule has 0 saturated carbocycles. The number of halogens is 1. The van der Waals surface area contributed by atoms with Crippen molar-refractivity contribution in [2.24, 2.45) is 0 Å². The van der Waals surface area contributed by atoms with Crippen LogP contribution < -0.4 is 10.6 Å². The van der Waals surface area contributed by atoms with E-state index in [0.717, 1.165) is 16.9 Å². The molecular formula is C14H13ClN2O3S. The highest BCUT2D eigenvalue weighted by Crippen LogP contribution is 2.24. The van der Waals surface area contributed by atoms with Crippen LogP contribution >= 0.6 is 22.9 Å². The van der Waals surface area contributed by atoms with E-state index in [1.165, 1.54) is 6.07 Å². The van der Waals surface area contributed by atoms with Crippen molar-refractivity contribution in [1.82, 2.24) is 5.32 Å². The minimum atomic E-state index is -1.08. The van der Waals surface area contributed by atoms with Crippen molar-refractivity contribution in [2.75, 3.05) is 5.32 Å². The van der Waals surface area contributed by atoms with Gasteiger partial charge in [-0.05, 0) is 30.0 Å². The van der Waals surface area contributed by atoms with Crippen LogP contribution in [0.25, 0.3) is 0 Å². The molecule has 0 aliphatic carbocycles. The molecule has 1 aromatic carbocycles. The highest BCUT2D eigenvalue weighted by Gasteiger charge is 2.16. The lowest BCUT2D eigenvalue weighted by atomic mass is 10.1. The second-order valence-corrected chi connectivity index (χ2v) is 5.63. The van der Waals surface area contributed by atoms with Gasteiger partial charge in [0, 0.05) is 5.02 Å². The van der Waals surface area contributed by atoms with Gasteiger partial charge in [0.15, 0.2) is 0 Å². The third-order valence-corrected chi connectivity index (χ3v) is 4.02. The minimum Gasteiger partial charge on any atom is -0.478 e. The minimum absolute atomic E-state index is 0.0700. The maximum Gasteiger partial charge on any atom is 0.338 e. The smallest absolute Gasteiger partial charge is 0.338 e. The molecule has 0 fully saturated rings. The lowest BCUT2D eigenvalue weighted by Gasteiger charge is -2.16. The van der Waals surface area contributed by atoms with Crippen molar-refractivity contribution >= 4 is 39.9 Å². The monoisotopic (exact) mass is 324 g/mol. The fourth-order valence-corrected chi connectivity index (χ4v) is 2.89. The number of carboxylic acid groups (broad SMARTS) is 1. The number of carbonyl (C=O) groups excluding carboxylic acids is 1. The summed E-state index contributed by atoms with van der Waals surface area (Å²) in [7, 11) is 0. The lowest BCUT2D eigenvalue weighted by molar-refractivity contribution is 0.0698. The lowest BCUT2D eigenvalue weighted by Crippen LogP contribution is -2.31. The third-order valence-electron chi connectivity index (χ3n) is 2.84.